The number of hydrogen-bond acceptors (Lipinski definition) is 4. The van der Waals surface area contributed by atoms with Gasteiger partial charge in [0, 0.05) is 18.3 Å². The number of ether oxygens (including phenoxy) is 1. The second-order valence-corrected chi connectivity index (χ2v) is 11.7. The van der Waals surface area contributed by atoms with Gasteiger partial charge in [-0.05, 0) is 49.9 Å². The van der Waals surface area contributed by atoms with Crippen LogP contribution in [0.4, 0.5) is 0 Å². The Morgan fingerprint density at radius 2 is 1.77 bits per heavy atom. The zero-order chi connectivity index (χ0) is 19.4. The lowest BCUT2D eigenvalue weighted by atomic mass is 9.33. The Balaban J connectivity index is 1.58. The third-order valence-corrected chi connectivity index (χ3v) is 8.73. The van der Waals surface area contributed by atoms with Crippen LogP contribution < -0.4 is 0 Å². The molecule has 2 N–H and O–H groups in total. The van der Waals surface area contributed by atoms with Crippen molar-refractivity contribution >= 4 is 5.97 Å². The fourth-order valence-corrected chi connectivity index (χ4v) is 7.65. The largest absolute Gasteiger partial charge is 0.458 e. The Bertz CT molecular complexity index is 653. The maximum absolute atomic E-state index is 13.5. The first-order valence-electron chi connectivity index (χ1n) is 10.4. The summed E-state index contributed by atoms with van der Waals surface area (Å²) in [6.07, 6.45) is 4.92. The third-order valence-electron chi connectivity index (χ3n) is 8.73. The van der Waals surface area contributed by atoms with E-state index in [0.29, 0.717) is 25.2 Å². The Hall–Kier alpha value is -0.610. The van der Waals surface area contributed by atoms with E-state index in [1.165, 1.54) is 0 Å². The van der Waals surface area contributed by atoms with Crippen molar-refractivity contribution in [1.82, 2.24) is 0 Å². The molecule has 4 nitrogen and oxygen atoms in total. The van der Waals surface area contributed by atoms with E-state index >= 15 is 0 Å². The van der Waals surface area contributed by atoms with Crippen LogP contribution in [0.1, 0.15) is 86.5 Å². The van der Waals surface area contributed by atoms with Gasteiger partial charge < -0.3 is 14.9 Å². The van der Waals surface area contributed by atoms with Gasteiger partial charge >= 0.3 is 5.97 Å². The summed E-state index contributed by atoms with van der Waals surface area (Å²) >= 11 is 0. The van der Waals surface area contributed by atoms with Gasteiger partial charge in [-0.25, -0.2) is 0 Å². The van der Waals surface area contributed by atoms with E-state index in [0.717, 1.165) is 25.7 Å². The topological polar surface area (TPSA) is 66.8 Å². The van der Waals surface area contributed by atoms with Crippen molar-refractivity contribution in [3.05, 3.63) is 0 Å². The van der Waals surface area contributed by atoms with Crippen molar-refractivity contribution < 1.29 is 19.7 Å². The molecule has 0 aromatic rings. The van der Waals surface area contributed by atoms with Crippen LogP contribution in [-0.2, 0) is 9.53 Å². The predicted molar refractivity (Wildman–Crippen MR) is 99.4 cm³/mol. The van der Waals surface area contributed by atoms with Crippen LogP contribution in [0.5, 0.6) is 0 Å². The monoisotopic (exact) mass is 364 g/mol. The van der Waals surface area contributed by atoms with E-state index in [4.69, 9.17) is 4.74 Å². The summed E-state index contributed by atoms with van der Waals surface area (Å²) in [7, 11) is 0. The lowest BCUT2D eigenvalue weighted by Crippen LogP contribution is -2.82. The SMILES string of the molecule is CCC(C)C(C)(CC(C)(C)C)C(=O)OC12CC3CC4(O)CC(O)(C1)C34C2. The molecule has 0 heterocycles. The van der Waals surface area contributed by atoms with Gasteiger partial charge in [-0.2, -0.15) is 0 Å². The highest BCUT2D eigenvalue weighted by Crippen LogP contribution is 2.85. The van der Waals surface area contributed by atoms with Gasteiger partial charge in [0.2, 0.25) is 0 Å². The van der Waals surface area contributed by atoms with Gasteiger partial charge in [0.25, 0.3) is 0 Å². The molecule has 26 heavy (non-hydrogen) atoms. The van der Waals surface area contributed by atoms with E-state index in [1.54, 1.807) is 0 Å². The molecule has 4 saturated carbocycles. The summed E-state index contributed by atoms with van der Waals surface area (Å²) < 4.78 is 6.30. The molecule has 7 unspecified atom stereocenters. The Morgan fingerprint density at radius 3 is 2.23 bits per heavy atom. The molecule has 7 atom stereocenters. The lowest BCUT2D eigenvalue weighted by Gasteiger charge is -2.74. The molecule has 0 aromatic heterocycles. The smallest absolute Gasteiger partial charge is 0.312 e. The van der Waals surface area contributed by atoms with Crippen molar-refractivity contribution in [3.8, 4) is 0 Å². The summed E-state index contributed by atoms with van der Waals surface area (Å²) in [5.74, 6) is 0.443. The molecule has 4 rings (SSSR count). The number of rotatable bonds is 5. The van der Waals surface area contributed by atoms with Crippen LogP contribution in [0.2, 0.25) is 0 Å². The van der Waals surface area contributed by atoms with Crippen LogP contribution in [0, 0.1) is 28.1 Å². The van der Waals surface area contributed by atoms with Crippen LogP contribution in [0.25, 0.3) is 0 Å². The molecule has 0 aliphatic heterocycles. The third kappa shape index (κ3) is 2.01. The first-order chi connectivity index (χ1) is 11.7. The number of hydrogen-bond donors (Lipinski definition) is 2. The molecule has 0 saturated heterocycles. The van der Waals surface area contributed by atoms with Gasteiger partial charge in [0.1, 0.15) is 5.60 Å². The fraction of sp³-hybridized carbons (Fsp3) is 0.955. The van der Waals surface area contributed by atoms with Crippen LogP contribution >= 0.6 is 0 Å². The van der Waals surface area contributed by atoms with Crippen molar-refractivity contribution in [1.29, 1.82) is 0 Å². The molecule has 0 aromatic carbocycles. The minimum absolute atomic E-state index is 0.0371. The number of esters is 1. The molecular formula is C22H36O4. The van der Waals surface area contributed by atoms with Gasteiger partial charge in [-0.15, -0.1) is 0 Å². The van der Waals surface area contributed by atoms with Crippen LogP contribution in [0.3, 0.4) is 0 Å². The highest BCUT2D eigenvalue weighted by atomic mass is 16.6. The molecule has 0 amide bonds. The first-order valence-corrected chi connectivity index (χ1v) is 10.4. The molecule has 4 heteroatoms. The Kier molecular flexibility index (Phi) is 3.50. The average molecular weight is 365 g/mol. The molecule has 0 radical (unpaired) electrons. The van der Waals surface area contributed by atoms with Crippen molar-refractivity contribution in [3.63, 3.8) is 0 Å². The normalized spacial score (nSPS) is 48.8. The van der Waals surface area contributed by atoms with Crippen LogP contribution in [-0.4, -0.2) is 33.0 Å². The summed E-state index contributed by atoms with van der Waals surface area (Å²) in [6.45, 7) is 12.9. The van der Waals surface area contributed by atoms with Gasteiger partial charge in [-0.1, -0.05) is 41.0 Å². The molecule has 148 valence electrons. The van der Waals surface area contributed by atoms with Crippen LogP contribution in [0.15, 0.2) is 0 Å². The van der Waals surface area contributed by atoms with Crippen molar-refractivity contribution in [2.45, 2.75) is 103 Å². The van der Waals surface area contributed by atoms with Gasteiger partial charge in [-0.3, -0.25) is 4.79 Å². The molecule has 2 bridgehead atoms. The number of carbonyl (C=O) groups excluding carboxylic acids is 1. The number of carbonyl (C=O) groups is 1. The molecule has 4 aliphatic carbocycles. The lowest BCUT2D eigenvalue weighted by molar-refractivity contribution is -0.373. The highest BCUT2D eigenvalue weighted by Gasteiger charge is 2.91. The fourth-order valence-electron chi connectivity index (χ4n) is 7.65. The first kappa shape index (κ1) is 18.7. The zero-order valence-electron chi connectivity index (χ0n) is 17.3. The van der Waals surface area contributed by atoms with Crippen molar-refractivity contribution in [2.75, 3.05) is 0 Å². The van der Waals surface area contributed by atoms with E-state index < -0.39 is 27.6 Å². The number of fused-ring (bicyclic) bond motifs is 1. The molecule has 1 spiro atoms. The highest BCUT2D eigenvalue weighted by molar-refractivity contribution is 5.77. The molecular weight excluding hydrogens is 328 g/mol. The van der Waals surface area contributed by atoms with E-state index in [1.807, 2.05) is 0 Å². The second-order valence-electron chi connectivity index (χ2n) is 11.7. The zero-order valence-corrected chi connectivity index (χ0v) is 17.3. The quantitative estimate of drug-likeness (QED) is 0.728. The minimum Gasteiger partial charge on any atom is -0.458 e. The van der Waals surface area contributed by atoms with E-state index in [9.17, 15) is 15.0 Å². The summed E-state index contributed by atoms with van der Waals surface area (Å²) in [5, 5.41) is 21.8. The van der Waals surface area contributed by atoms with E-state index in [-0.39, 0.29) is 17.3 Å². The van der Waals surface area contributed by atoms with E-state index in [2.05, 4.69) is 41.5 Å². The molecule has 4 fully saturated rings. The Morgan fingerprint density at radius 1 is 1.12 bits per heavy atom. The summed E-state index contributed by atoms with van der Waals surface area (Å²) in [6, 6.07) is 0. The van der Waals surface area contributed by atoms with Gasteiger partial charge in [0.05, 0.1) is 16.6 Å². The second kappa shape index (κ2) is 4.86. The maximum atomic E-state index is 13.5. The summed E-state index contributed by atoms with van der Waals surface area (Å²) in [5.41, 5.74) is -2.97. The summed E-state index contributed by atoms with van der Waals surface area (Å²) in [4.78, 5) is 13.5. The minimum atomic E-state index is -0.819. The Labute approximate surface area is 157 Å². The average Bonchev–Trinajstić information content (AvgIpc) is 2.89. The predicted octanol–water partition coefficient (Wildman–Crippen LogP) is 3.83. The maximum Gasteiger partial charge on any atom is 0.312 e. The number of aliphatic hydroxyl groups is 2. The van der Waals surface area contributed by atoms with Crippen molar-refractivity contribution in [2.24, 2.45) is 28.1 Å². The van der Waals surface area contributed by atoms with Gasteiger partial charge in [0.15, 0.2) is 0 Å². The standard InChI is InChI=1S/C22H36O4/c1-7-14(2)18(6,10-17(3,4)5)16(23)26-19-8-15-9-20(24)13-21(25,11-19)22(15,20)12-19/h14-15,24-25H,7-13H2,1-6H3. The molecule has 4 aliphatic rings.